The van der Waals surface area contributed by atoms with Gasteiger partial charge in [0.1, 0.15) is 0 Å². The van der Waals surface area contributed by atoms with Crippen LogP contribution in [0.25, 0.3) is 0 Å². The fourth-order valence-corrected chi connectivity index (χ4v) is 4.92. The Kier molecular flexibility index (Phi) is 7.27. The van der Waals surface area contributed by atoms with Gasteiger partial charge in [0, 0.05) is 24.5 Å². The van der Waals surface area contributed by atoms with Crippen molar-refractivity contribution < 1.29 is 0 Å². The lowest BCUT2D eigenvalue weighted by Gasteiger charge is -2.29. The van der Waals surface area contributed by atoms with Crippen LogP contribution in [0.15, 0.2) is 24.3 Å². The van der Waals surface area contributed by atoms with E-state index in [1.165, 1.54) is 44.8 Å². The third kappa shape index (κ3) is 4.32. The molecule has 0 radical (unpaired) electrons. The van der Waals surface area contributed by atoms with Crippen molar-refractivity contribution in [2.45, 2.75) is 80.1 Å². The van der Waals surface area contributed by atoms with E-state index >= 15 is 0 Å². The predicted molar refractivity (Wildman–Crippen MR) is 129 cm³/mol. The molecule has 0 bridgehead atoms. The third-order valence-electron chi connectivity index (χ3n) is 6.61. The Morgan fingerprint density at radius 1 is 0.517 bits per heavy atom. The molecular weight excluding hydrogens is 352 g/mol. The molecule has 0 unspecified atom stereocenters. The number of rotatable bonds is 8. The highest BCUT2D eigenvalue weighted by atomic mass is 15.4. The summed E-state index contributed by atoms with van der Waals surface area (Å²) in [6, 6.07) is 9.79. The van der Waals surface area contributed by atoms with E-state index < -0.39 is 0 Å². The summed E-state index contributed by atoms with van der Waals surface area (Å²) in [4.78, 5) is 5.29. The molecule has 0 N–H and O–H groups in total. The van der Waals surface area contributed by atoms with Crippen molar-refractivity contribution in [1.82, 2.24) is 0 Å². The second-order valence-corrected chi connectivity index (χ2v) is 8.31. The molecule has 1 heterocycles. The Morgan fingerprint density at radius 3 is 1.07 bits per heavy atom. The van der Waals surface area contributed by atoms with E-state index in [1.54, 1.807) is 0 Å². The largest absolute Gasteiger partial charge is 0.352 e. The van der Waals surface area contributed by atoms with Gasteiger partial charge in [-0.1, -0.05) is 65.8 Å². The molecule has 1 aliphatic rings. The normalized spacial score (nSPS) is 14.1. The molecule has 2 aromatic rings. The van der Waals surface area contributed by atoms with Gasteiger partial charge in [-0.2, -0.15) is 0 Å². The van der Waals surface area contributed by atoms with Gasteiger partial charge in [-0.05, 0) is 71.9 Å². The van der Waals surface area contributed by atoms with Crippen molar-refractivity contribution in [1.29, 1.82) is 0 Å². The zero-order valence-electron chi connectivity index (χ0n) is 19.6. The van der Waals surface area contributed by atoms with Crippen LogP contribution in [0, 0.1) is 0 Å². The highest BCUT2D eigenvalue weighted by Gasteiger charge is 2.26. The van der Waals surface area contributed by atoms with Crippen LogP contribution in [0.3, 0.4) is 0 Å². The van der Waals surface area contributed by atoms with Gasteiger partial charge in [-0.3, -0.25) is 0 Å². The molecule has 0 atom stereocenters. The molecule has 0 amide bonds. The minimum Gasteiger partial charge on any atom is -0.352 e. The third-order valence-corrected chi connectivity index (χ3v) is 6.61. The average molecular weight is 393 g/mol. The van der Waals surface area contributed by atoms with Crippen molar-refractivity contribution in [2.75, 3.05) is 29.6 Å². The Morgan fingerprint density at radius 2 is 0.828 bits per heavy atom. The van der Waals surface area contributed by atoms with Gasteiger partial charge in [0.05, 0.1) is 6.67 Å². The van der Waals surface area contributed by atoms with Gasteiger partial charge in [0.2, 0.25) is 0 Å². The zero-order chi connectivity index (χ0) is 21.0. The highest BCUT2D eigenvalue weighted by molar-refractivity contribution is 5.67. The van der Waals surface area contributed by atoms with E-state index in [0.29, 0.717) is 0 Å². The summed E-state index contributed by atoms with van der Waals surface area (Å²) >= 11 is 0. The van der Waals surface area contributed by atoms with Crippen LogP contribution in [0.2, 0.25) is 0 Å². The molecule has 1 fully saturated rings. The minimum atomic E-state index is 1.01. The van der Waals surface area contributed by atoms with E-state index in [4.69, 9.17) is 0 Å². The smallest absolute Gasteiger partial charge is 0.0904 e. The van der Waals surface area contributed by atoms with Crippen molar-refractivity contribution in [3.05, 3.63) is 57.6 Å². The van der Waals surface area contributed by atoms with E-state index in [-0.39, 0.29) is 0 Å². The Bertz CT molecular complexity index is 717. The fraction of sp³-hybridized carbons (Fsp3) is 0.556. The van der Waals surface area contributed by atoms with Crippen LogP contribution in [0.1, 0.15) is 74.9 Å². The summed E-state index contributed by atoms with van der Waals surface area (Å²) in [5.41, 5.74) is 12.1. The quantitative estimate of drug-likeness (QED) is 0.517. The van der Waals surface area contributed by atoms with Crippen molar-refractivity contribution >= 4 is 11.4 Å². The van der Waals surface area contributed by atoms with E-state index in [9.17, 15) is 0 Å². The topological polar surface area (TPSA) is 6.48 Å². The van der Waals surface area contributed by atoms with E-state index in [0.717, 1.165) is 58.3 Å². The summed E-state index contributed by atoms with van der Waals surface area (Å²) in [6.07, 6.45) is 6.68. The Balaban J connectivity index is 1.98. The Labute approximate surface area is 178 Å². The monoisotopic (exact) mass is 392 g/mol. The molecule has 3 rings (SSSR count). The van der Waals surface area contributed by atoms with Gasteiger partial charge in [-0.25, -0.2) is 0 Å². The molecule has 2 aromatic carbocycles. The van der Waals surface area contributed by atoms with Crippen LogP contribution >= 0.6 is 0 Å². The molecule has 1 saturated heterocycles. The Hall–Kier alpha value is -1.96. The standard InChI is InChI=1S/C27H40N2/c1-7-20-15-22(9-3)26(23(10-4)16-20)28-13-14-29(19-28)27-24(11-5)17-21(8-2)18-25(27)12-6/h15-18H,7-14,19H2,1-6H3. The van der Waals surface area contributed by atoms with Crippen LogP contribution < -0.4 is 9.80 Å². The molecular formula is C27H40N2. The van der Waals surface area contributed by atoms with Gasteiger partial charge in [-0.15, -0.1) is 0 Å². The maximum atomic E-state index is 2.64. The first-order valence-electron chi connectivity index (χ1n) is 11.9. The molecule has 158 valence electrons. The summed E-state index contributed by atoms with van der Waals surface area (Å²) in [7, 11) is 0. The van der Waals surface area contributed by atoms with Gasteiger partial charge in [0.25, 0.3) is 0 Å². The van der Waals surface area contributed by atoms with Crippen LogP contribution in [-0.4, -0.2) is 19.8 Å². The van der Waals surface area contributed by atoms with Gasteiger partial charge < -0.3 is 9.80 Å². The number of anilines is 2. The summed E-state index contributed by atoms with van der Waals surface area (Å²) < 4.78 is 0. The van der Waals surface area contributed by atoms with Crippen LogP contribution in [0.4, 0.5) is 11.4 Å². The summed E-state index contributed by atoms with van der Waals surface area (Å²) in [5, 5.41) is 0. The predicted octanol–water partition coefficient (Wildman–Crippen LogP) is 6.35. The number of hydrogen-bond acceptors (Lipinski definition) is 2. The zero-order valence-corrected chi connectivity index (χ0v) is 19.6. The maximum Gasteiger partial charge on any atom is 0.0904 e. The van der Waals surface area contributed by atoms with Crippen molar-refractivity contribution in [2.24, 2.45) is 0 Å². The molecule has 0 spiro atoms. The lowest BCUT2D eigenvalue weighted by molar-refractivity contribution is 0.898. The molecule has 29 heavy (non-hydrogen) atoms. The summed E-state index contributed by atoms with van der Waals surface area (Å²) in [5.74, 6) is 0. The SMILES string of the molecule is CCc1cc(CC)c(N2CCN(c3c(CC)cc(CC)cc3CC)C2)c(CC)c1. The molecule has 1 aliphatic heterocycles. The summed E-state index contributed by atoms with van der Waals surface area (Å²) in [6.45, 7) is 17.0. The molecule has 2 heteroatoms. The lowest BCUT2D eigenvalue weighted by atomic mass is 9.97. The number of nitrogens with zero attached hydrogens (tertiary/aromatic N) is 2. The minimum absolute atomic E-state index is 1.01. The lowest BCUT2D eigenvalue weighted by Crippen LogP contribution is -2.28. The first kappa shape index (κ1) is 21.7. The number of benzene rings is 2. The molecule has 2 nitrogen and oxygen atoms in total. The number of aryl methyl sites for hydroxylation is 6. The second-order valence-electron chi connectivity index (χ2n) is 8.31. The van der Waals surface area contributed by atoms with Gasteiger partial charge in [0.15, 0.2) is 0 Å². The fourth-order valence-electron chi connectivity index (χ4n) is 4.92. The second kappa shape index (κ2) is 9.69. The maximum absolute atomic E-state index is 2.64. The van der Waals surface area contributed by atoms with Crippen molar-refractivity contribution in [3.8, 4) is 0 Å². The molecule has 0 aromatic heterocycles. The average Bonchev–Trinajstić information content (AvgIpc) is 3.25. The first-order valence-corrected chi connectivity index (χ1v) is 11.9. The first-order chi connectivity index (χ1) is 14.1. The number of hydrogen-bond donors (Lipinski definition) is 0. The van der Waals surface area contributed by atoms with E-state index in [1.807, 2.05) is 0 Å². The molecule has 0 saturated carbocycles. The van der Waals surface area contributed by atoms with Crippen LogP contribution in [0.5, 0.6) is 0 Å². The van der Waals surface area contributed by atoms with E-state index in [2.05, 4.69) is 75.6 Å². The van der Waals surface area contributed by atoms with Crippen molar-refractivity contribution in [3.63, 3.8) is 0 Å². The van der Waals surface area contributed by atoms with Gasteiger partial charge >= 0.3 is 0 Å². The van der Waals surface area contributed by atoms with Crippen LogP contribution in [-0.2, 0) is 38.5 Å². The highest BCUT2D eigenvalue weighted by Crippen LogP contribution is 2.35. The molecule has 0 aliphatic carbocycles.